The molecule has 0 saturated carbocycles. The van der Waals surface area contributed by atoms with E-state index in [0.717, 1.165) is 31.1 Å². The second-order valence-corrected chi connectivity index (χ2v) is 10.2. The Morgan fingerprint density at radius 2 is 1.90 bits per heavy atom. The summed E-state index contributed by atoms with van der Waals surface area (Å²) in [4.78, 5) is 10.8. The van der Waals surface area contributed by atoms with Gasteiger partial charge in [0.05, 0.1) is 49.3 Å². The maximum absolute atomic E-state index is 11.0. The van der Waals surface area contributed by atoms with E-state index in [1.54, 1.807) is 0 Å². The first-order valence-electron chi connectivity index (χ1n) is 11.8. The van der Waals surface area contributed by atoms with E-state index in [9.17, 15) is 9.90 Å². The number of hydrogen-bond acceptors (Lipinski definition) is 7. The summed E-state index contributed by atoms with van der Waals surface area (Å²) in [5, 5.41) is 11.0. The van der Waals surface area contributed by atoms with Crippen molar-refractivity contribution in [3.8, 4) is 0 Å². The van der Waals surface area contributed by atoms with Gasteiger partial charge in [-0.3, -0.25) is 0 Å². The predicted molar refractivity (Wildman–Crippen MR) is 114 cm³/mol. The highest BCUT2D eigenvalue weighted by Crippen LogP contribution is 2.42. The van der Waals surface area contributed by atoms with Gasteiger partial charge in [0.1, 0.15) is 12.4 Å². The van der Waals surface area contributed by atoms with Gasteiger partial charge < -0.3 is 33.6 Å². The fraction of sp³-hybridized carbons (Fsp3) is 0.875. The molecule has 0 aromatic heterocycles. The Labute approximate surface area is 185 Å². The van der Waals surface area contributed by atoms with Crippen LogP contribution in [-0.4, -0.2) is 72.6 Å². The number of hydrogen-bond donors (Lipinski definition) is 1. The minimum atomic E-state index is -0.651. The number of aliphatic hydroxyl groups excluding tert-OH is 1. The standard InChI is InChI=1S/C24H38O7/c1-13-9-16(7-6-8-25)28-17(14(13)2)10-19-22(26)15(3)23-20(29-19)11-18-21(30-23)12-27-24(4,5)31-18/h8,13,15-23,26H,2,6-7,9-12H2,1,3-5H3/t13-,15-,16+,17-,18-,19+,20+,21-,22-,23+/m1/s1. The molecule has 31 heavy (non-hydrogen) atoms. The molecule has 4 heterocycles. The summed E-state index contributed by atoms with van der Waals surface area (Å²) in [5.41, 5.74) is 1.04. The SMILES string of the molecule is C=C1[C@H](C)C[C@H](CCC=O)O[C@@H]1C[C@@H]1O[C@H]2C[C@H]3OC(C)(C)OC[C@H]3O[C@H]2[C@H](C)[C@H]1O. The van der Waals surface area contributed by atoms with Crippen LogP contribution in [0.25, 0.3) is 0 Å². The summed E-state index contributed by atoms with van der Waals surface area (Å²) in [6, 6.07) is 0. The Balaban J connectivity index is 1.42. The average Bonchev–Trinajstić information content (AvgIpc) is 2.72. The lowest BCUT2D eigenvalue weighted by atomic mass is 9.79. The van der Waals surface area contributed by atoms with Crippen LogP contribution in [0.2, 0.25) is 0 Å². The van der Waals surface area contributed by atoms with E-state index in [0.29, 0.717) is 25.4 Å². The Hall–Kier alpha value is -0.830. The molecule has 1 N–H and O–H groups in total. The smallest absolute Gasteiger partial charge is 0.163 e. The molecule has 10 atom stereocenters. The van der Waals surface area contributed by atoms with Gasteiger partial charge in [0.2, 0.25) is 0 Å². The van der Waals surface area contributed by atoms with Crippen LogP contribution in [0.4, 0.5) is 0 Å². The van der Waals surface area contributed by atoms with Crippen molar-refractivity contribution in [3.05, 3.63) is 12.2 Å². The number of carbonyl (C=O) groups is 1. The zero-order valence-electron chi connectivity index (χ0n) is 19.2. The third kappa shape index (κ3) is 4.92. The highest BCUT2D eigenvalue weighted by atomic mass is 16.7. The van der Waals surface area contributed by atoms with Crippen LogP contribution >= 0.6 is 0 Å². The van der Waals surface area contributed by atoms with E-state index in [1.807, 2.05) is 20.8 Å². The molecule has 4 aliphatic rings. The van der Waals surface area contributed by atoms with E-state index in [-0.39, 0.29) is 48.6 Å². The summed E-state index contributed by atoms with van der Waals surface area (Å²) >= 11 is 0. The number of carbonyl (C=O) groups excluding carboxylic acids is 1. The molecule has 4 aliphatic heterocycles. The summed E-state index contributed by atoms with van der Waals surface area (Å²) in [6.45, 7) is 12.8. The highest BCUT2D eigenvalue weighted by Gasteiger charge is 2.52. The van der Waals surface area contributed by atoms with Crippen LogP contribution in [0.15, 0.2) is 12.2 Å². The second-order valence-electron chi connectivity index (χ2n) is 10.2. The molecule has 7 heteroatoms. The molecule has 0 spiro atoms. The number of ether oxygens (including phenoxy) is 5. The van der Waals surface area contributed by atoms with E-state index in [1.165, 1.54) is 0 Å². The largest absolute Gasteiger partial charge is 0.390 e. The summed E-state index contributed by atoms with van der Waals surface area (Å²) in [5.74, 6) is -0.380. The van der Waals surface area contributed by atoms with Crippen LogP contribution in [0.5, 0.6) is 0 Å². The first-order valence-corrected chi connectivity index (χ1v) is 11.8. The Morgan fingerprint density at radius 1 is 1.13 bits per heavy atom. The minimum Gasteiger partial charge on any atom is -0.390 e. The van der Waals surface area contributed by atoms with Crippen LogP contribution < -0.4 is 0 Å². The van der Waals surface area contributed by atoms with Crippen molar-refractivity contribution in [2.45, 2.75) is 114 Å². The van der Waals surface area contributed by atoms with Gasteiger partial charge in [-0.1, -0.05) is 20.4 Å². The molecular weight excluding hydrogens is 400 g/mol. The van der Waals surface area contributed by atoms with E-state index < -0.39 is 11.9 Å². The maximum Gasteiger partial charge on any atom is 0.163 e. The van der Waals surface area contributed by atoms with Gasteiger partial charge in [-0.15, -0.1) is 0 Å². The minimum absolute atomic E-state index is 0.0400. The Morgan fingerprint density at radius 3 is 2.65 bits per heavy atom. The first kappa shape index (κ1) is 23.3. The fourth-order valence-electron chi connectivity index (χ4n) is 5.57. The normalized spacial score (nSPS) is 47.3. The molecule has 0 amide bonds. The van der Waals surface area contributed by atoms with Gasteiger partial charge in [0, 0.05) is 25.2 Å². The molecule has 0 unspecified atom stereocenters. The topological polar surface area (TPSA) is 83.5 Å². The first-order chi connectivity index (χ1) is 14.7. The van der Waals surface area contributed by atoms with Crippen molar-refractivity contribution in [2.75, 3.05) is 6.61 Å². The lowest BCUT2D eigenvalue weighted by Gasteiger charge is -2.53. The van der Waals surface area contributed by atoms with Crippen molar-refractivity contribution in [1.29, 1.82) is 0 Å². The van der Waals surface area contributed by atoms with Crippen LogP contribution in [0.3, 0.4) is 0 Å². The van der Waals surface area contributed by atoms with Gasteiger partial charge in [-0.05, 0) is 38.2 Å². The van der Waals surface area contributed by atoms with Gasteiger partial charge in [0.25, 0.3) is 0 Å². The molecule has 0 aromatic carbocycles. The maximum atomic E-state index is 11.0. The Kier molecular flexibility index (Phi) is 6.92. The molecule has 0 aromatic rings. The number of aldehydes is 1. The second kappa shape index (κ2) is 9.20. The molecule has 0 aliphatic carbocycles. The van der Waals surface area contributed by atoms with E-state index in [2.05, 4.69) is 13.5 Å². The molecule has 4 rings (SSSR count). The number of rotatable bonds is 5. The van der Waals surface area contributed by atoms with Crippen molar-refractivity contribution in [2.24, 2.45) is 11.8 Å². The number of fused-ring (bicyclic) bond motifs is 2. The van der Waals surface area contributed by atoms with Gasteiger partial charge >= 0.3 is 0 Å². The zero-order valence-corrected chi connectivity index (χ0v) is 19.2. The summed E-state index contributed by atoms with van der Waals surface area (Å²) in [6.07, 6.45) is 2.63. The summed E-state index contributed by atoms with van der Waals surface area (Å²) in [7, 11) is 0. The van der Waals surface area contributed by atoms with Crippen LogP contribution in [0.1, 0.15) is 59.8 Å². The Bertz CT molecular complexity index is 664. The predicted octanol–water partition coefficient (Wildman–Crippen LogP) is 2.78. The lowest BCUT2D eigenvalue weighted by molar-refractivity contribution is -0.355. The fourth-order valence-corrected chi connectivity index (χ4v) is 5.57. The molecule has 4 saturated heterocycles. The molecular formula is C24H38O7. The molecule has 176 valence electrons. The van der Waals surface area contributed by atoms with E-state index >= 15 is 0 Å². The highest BCUT2D eigenvalue weighted by molar-refractivity contribution is 5.49. The molecule has 0 radical (unpaired) electrons. The van der Waals surface area contributed by atoms with Gasteiger partial charge in [-0.25, -0.2) is 0 Å². The average molecular weight is 439 g/mol. The zero-order chi connectivity index (χ0) is 22.3. The van der Waals surface area contributed by atoms with Crippen LogP contribution in [0, 0.1) is 11.8 Å². The van der Waals surface area contributed by atoms with Crippen molar-refractivity contribution >= 4 is 6.29 Å². The van der Waals surface area contributed by atoms with Gasteiger partial charge in [0.15, 0.2) is 5.79 Å². The third-order valence-electron chi connectivity index (χ3n) is 7.47. The van der Waals surface area contributed by atoms with Crippen molar-refractivity contribution in [1.82, 2.24) is 0 Å². The lowest BCUT2D eigenvalue weighted by Crippen LogP contribution is -2.63. The van der Waals surface area contributed by atoms with Gasteiger partial charge in [-0.2, -0.15) is 0 Å². The number of aliphatic hydroxyl groups is 1. The summed E-state index contributed by atoms with van der Waals surface area (Å²) < 4.78 is 30.9. The third-order valence-corrected chi connectivity index (χ3v) is 7.47. The molecule has 7 nitrogen and oxygen atoms in total. The van der Waals surface area contributed by atoms with E-state index in [4.69, 9.17) is 23.7 Å². The quantitative estimate of drug-likeness (QED) is 0.522. The monoisotopic (exact) mass is 438 g/mol. The van der Waals surface area contributed by atoms with Crippen molar-refractivity contribution < 1.29 is 33.6 Å². The molecule has 4 fully saturated rings. The van der Waals surface area contributed by atoms with Crippen molar-refractivity contribution in [3.63, 3.8) is 0 Å². The van der Waals surface area contributed by atoms with Crippen LogP contribution in [-0.2, 0) is 28.5 Å². The molecule has 0 bridgehead atoms.